The number of nitrogens with zero attached hydrogens (tertiary/aromatic N) is 2. The van der Waals surface area contributed by atoms with Crippen LogP contribution in [0.2, 0.25) is 0 Å². The van der Waals surface area contributed by atoms with Crippen molar-refractivity contribution in [2.24, 2.45) is 0 Å². The molecule has 0 bridgehead atoms. The van der Waals surface area contributed by atoms with E-state index in [4.69, 9.17) is 4.74 Å². The first-order valence-electron chi connectivity index (χ1n) is 10.0. The lowest BCUT2D eigenvalue weighted by atomic mass is 10.0. The number of ether oxygens (including phenoxy) is 1. The van der Waals surface area contributed by atoms with Crippen molar-refractivity contribution in [1.29, 1.82) is 0 Å². The van der Waals surface area contributed by atoms with E-state index in [0.717, 1.165) is 44.9 Å². The number of hydrogen-bond donors (Lipinski definition) is 2. The number of piperazine rings is 1. The second kappa shape index (κ2) is 9.19. The minimum atomic E-state index is -0.154. The molecule has 2 fully saturated rings. The molecule has 2 aliphatic rings. The van der Waals surface area contributed by atoms with Crippen molar-refractivity contribution in [2.45, 2.75) is 18.5 Å². The predicted octanol–water partition coefficient (Wildman–Crippen LogP) is 1.82. The fraction of sp³-hybridized carbons (Fsp3) is 0.409. The Labute approximate surface area is 166 Å². The first kappa shape index (κ1) is 18.9. The standard InChI is InChI=1S/C22H28N4O2/c27-22(21-17-20(23-24-21)18-7-3-1-4-8-18)26-13-11-25(12-14-26)15-16-28-19-9-5-2-6-10-19/h1-10,20-21,23-24H,11-17H2. The lowest BCUT2D eigenvalue weighted by molar-refractivity contribution is -0.135. The molecule has 0 spiro atoms. The van der Waals surface area contributed by atoms with E-state index in [1.807, 2.05) is 53.4 Å². The van der Waals surface area contributed by atoms with E-state index in [2.05, 4.69) is 27.9 Å². The van der Waals surface area contributed by atoms with E-state index in [9.17, 15) is 4.79 Å². The molecule has 2 N–H and O–H groups in total. The number of carbonyl (C=O) groups excluding carboxylic acids is 1. The fourth-order valence-corrected chi connectivity index (χ4v) is 3.84. The number of benzene rings is 2. The van der Waals surface area contributed by atoms with Crippen molar-refractivity contribution in [2.75, 3.05) is 39.3 Å². The maximum atomic E-state index is 12.9. The molecule has 6 nitrogen and oxygen atoms in total. The van der Waals surface area contributed by atoms with E-state index in [-0.39, 0.29) is 18.0 Å². The van der Waals surface area contributed by atoms with Crippen molar-refractivity contribution >= 4 is 5.91 Å². The Kier molecular flexibility index (Phi) is 6.21. The summed E-state index contributed by atoms with van der Waals surface area (Å²) in [5.74, 6) is 1.11. The van der Waals surface area contributed by atoms with Gasteiger partial charge in [-0.25, -0.2) is 10.9 Å². The molecule has 2 heterocycles. The molecule has 0 aromatic heterocycles. The molecule has 2 aliphatic heterocycles. The third kappa shape index (κ3) is 4.70. The van der Waals surface area contributed by atoms with E-state index in [1.54, 1.807) is 0 Å². The summed E-state index contributed by atoms with van der Waals surface area (Å²) >= 11 is 0. The topological polar surface area (TPSA) is 56.8 Å². The van der Waals surface area contributed by atoms with Gasteiger partial charge in [0.25, 0.3) is 0 Å². The Morgan fingerprint density at radius 3 is 2.32 bits per heavy atom. The highest BCUT2D eigenvalue weighted by Gasteiger charge is 2.33. The molecule has 2 aromatic rings. The van der Waals surface area contributed by atoms with Crippen LogP contribution >= 0.6 is 0 Å². The summed E-state index contributed by atoms with van der Waals surface area (Å²) in [5, 5.41) is 0. The van der Waals surface area contributed by atoms with E-state index >= 15 is 0 Å². The molecule has 28 heavy (non-hydrogen) atoms. The fourth-order valence-electron chi connectivity index (χ4n) is 3.84. The second-order valence-corrected chi connectivity index (χ2v) is 7.37. The van der Waals surface area contributed by atoms with Gasteiger partial charge in [-0.1, -0.05) is 48.5 Å². The summed E-state index contributed by atoms with van der Waals surface area (Å²) in [6.45, 7) is 4.90. The van der Waals surface area contributed by atoms with Crippen molar-refractivity contribution in [3.63, 3.8) is 0 Å². The van der Waals surface area contributed by atoms with E-state index < -0.39 is 0 Å². The van der Waals surface area contributed by atoms with Gasteiger partial charge in [0.2, 0.25) is 5.91 Å². The van der Waals surface area contributed by atoms with Crippen molar-refractivity contribution in [1.82, 2.24) is 20.7 Å². The van der Waals surface area contributed by atoms with Crippen LogP contribution in [0.3, 0.4) is 0 Å². The highest BCUT2D eigenvalue weighted by atomic mass is 16.5. The number of hydrogen-bond acceptors (Lipinski definition) is 5. The van der Waals surface area contributed by atoms with Gasteiger partial charge in [0.05, 0.1) is 0 Å². The minimum absolute atomic E-state index is 0.154. The molecule has 2 unspecified atom stereocenters. The third-order valence-electron chi connectivity index (χ3n) is 5.51. The van der Waals surface area contributed by atoms with Crippen LogP contribution in [0.5, 0.6) is 5.75 Å². The zero-order valence-electron chi connectivity index (χ0n) is 16.1. The maximum Gasteiger partial charge on any atom is 0.241 e. The van der Waals surface area contributed by atoms with Gasteiger partial charge in [-0.3, -0.25) is 9.69 Å². The van der Waals surface area contributed by atoms with Gasteiger partial charge in [-0.15, -0.1) is 0 Å². The molecular weight excluding hydrogens is 352 g/mol. The summed E-state index contributed by atoms with van der Waals surface area (Å²) < 4.78 is 5.78. The molecule has 2 atom stereocenters. The lowest BCUT2D eigenvalue weighted by Gasteiger charge is -2.35. The molecular formula is C22H28N4O2. The summed E-state index contributed by atoms with van der Waals surface area (Å²) in [6.07, 6.45) is 0.786. The average molecular weight is 380 g/mol. The summed E-state index contributed by atoms with van der Waals surface area (Å²) in [5.41, 5.74) is 7.68. The van der Waals surface area contributed by atoms with Crippen LogP contribution in [0.15, 0.2) is 60.7 Å². The Morgan fingerprint density at radius 2 is 1.61 bits per heavy atom. The summed E-state index contributed by atoms with van der Waals surface area (Å²) in [7, 11) is 0. The van der Waals surface area contributed by atoms with Crippen LogP contribution in [0.4, 0.5) is 0 Å². The number of rotatable bonds is 6. The average Bonchev–Trinajstić information content (AvgIpc) is 3.25. The molecule has 6 heteroatoms. The summed E-state index contributed by atoms with van der Waals surface area (Å²) in [6, 6.07) is 20.2. The monoisotopic (exact) mass is 380 g/mol. The van der Waals surface area contributed by atoms with E-state index in [0.29, 0.717) is 6.61 Å². The molecule has 1 amide bonds. The third-order valence-corrected chi connectivity index (χ3v) is 5.51. The Bertz CT molecular complexity index is 748. The first-order chi connectivity index (χ1) is 13.8. The normalized spacial score (nSPS) is 22.9. The van der Waals surface area contributed by atoms with Crippen LogP contribution in [-0.2, 0) is 4.79 Å². The van der Waals surface area contributed by atoms with Gasteiger partial charge in [0.15, 0.2) is 0 Å². The SMILES string of the molecule is O=C(C1CC(c2ccccc2)NN1)N1CCN(CCOc2ccccc2)CC1. The second-order valence-electron chi connectivity index (χ2n) is 7.37. The van der Waals surface area contributed by atoms with Gasteiger partial charge in [-0.2, -0.15) is 0 Å². The van der Waals surface area contributed by atoms with Crippen LogP contribution in [0, 0.1) is 0 Å². The molecule has 0 saturated carbocycles. The molecule has 2 aromatic carbocycles. The van der Waals surface area contributed by atoms with Gasteiger partial charge in [0, 0.05) is 38.8 Å². The molecule has 4 rings (SSSR count). The number of hydrazine groups is 1. The Hall–Kier alpha value is -2.41. The van der Waals surface area contributed by atoms with Crippen LogP contribution in [0.1, 0.15) is 18.0 Å². The van der Waals surface area contributed by atoms with Crippen molar-refractivity contribution < 1.29 is 9.53 Å². The van der Waals surface area contributed by atoms with Crippen LogP contribution in [0.25, 0.3) is 0 Å². The quantitative estimate of drug-likeness (QED) is 0.801. The number of nitrogens with one attached hydrogen (secondary N) is 2. The van der Waals surface area contributed by atoms with E-state index in [1.165, 1.54) is 5.56 Å². The van der Waals surface area contributed by atoms with Gasteiger partial charge in [0.1, 0.15) is 18.4 Å². The molecule has 2 saturated heterocycles. The zero-order valence-corrected chi connectivity index (χ0v) is 16.1. The van der Waals surface area contributed by atoms with Crippen LogP contribution in [-0.4, -0.2) is 61.1 Å². The minimum Gasteiger partial charge on any atom is -0.492 e. The number of amides is 1. The number of para-hydroxylation sites is 1. The molecule has 148 valence electrons. The first-order valence-corrected chi connectivity index (χ1v) is 10.0. The predicted molar refractivity (Wildman–Crippen MR) is 109 cm³/mol. The molecule has 0 aliphatic carbocycles. The smallest absolute Gasteiger partial charge is 0.241 e. The van der Waals surface area contributed by atoms with Crippen molar-refractivity contribution in [3.8, 4) is 5.75 Å². The summed E-state index contributed by atoms with van der Waals surface area (Å²) in [4.78, 5) is 17.2. The number of carbonyl (C=O) groups is 1. The van der Waals surface area contributed by atoms with Crippen molar-refractivity contribution in [3.05, 3.63) is 66.2 Å². The Balaban J connectivity index is 1.19. The largest absolute Gasteiger partial charge is 0.492 e. The highest BCUT2D eigenvalue weighted by Crippen LogP contribution is 2.23. The lowest BCUT2D eigenvalue weighted by Crippen LogP contribution is -2.54. The Morgan fingerprint density at radius 1 is 0.929 bits per heavy atom. The van der Waals surface area contributed by atoms with Gasteiger partial charge >= 0.3 is 0 Å². The van der Waals surface area contributed by atoms with Gasteiger partial charge < -0.3 is 9.64 Å². The highest BCUT2D eigenvalue weighted by molar-refractivity contribution is 5.82. The molecule has 0 radical (unpaired) electrons. The maximum absolute atomic E-state index is 12.9. The van der Waals surface area contributed by atoms with Crippen LogP contribution < -0.4 is 15.6 Å². The zero-order chi connectivity index (χ0) is 19.2. The van der Waals surface area contributed by atoms with Gasteiger partial charge in [-0.05, 0) is 24.1 Å².